The first kappa shape index (κ1) is 13.9. The first-order valence-electron chi connectivity index (χ1n) is 7.03. The molecule has 0 radical (unpaired) electrons. The second-order valence-electron chi connectivity index (χ2n) is 5.83. The van der Waals surface area contributed by atoms with Gasteiger partial charge in [-0.3, -0.25) is 0 Å². The van der Waals surface area contributed by atoms with Crippen molar-refractivity contribution in [1.29, 1.82) is 0 Å². The molecule has 22 heavy (non-hydrogen) atoms. The highest BCUT2D eigenvalue weighted by Crippen LogP contribution is 2.44. The predicted molar refractivity (Wildman–Crippen MR) is 76.4 cm³/mol. The molecule has 0 aromatic carbocycles. The highest BCUT2D eigenvalue weighted by molar-refractivity contribution is 6.30. The van der Waals surface area contributed by atoms with Crippen LogP contribution in [0, 0.1) is 18.7 Å². The minimum atomic E-state index is -0.426. The first-order chi connectivity index (χ1) is 10.6. The van der Waals surface area contributed by atoms with Crippen molar-refractivity contribution in [3.05, 3.63) is 34.9 Å². The van der Waals surface area contributed by atoms with Crippen molar-refractivity contribution in [2.75, 3.05) is 31.2 Å². The molecular formula is C14H14ClFN4O2. The summed E-state index contributed by atoms with van der Waals surface area (Å²) in [4.78, 5) is 6.03. The topological polar surface area (TPSA) is 64.3 Å². The van der Waals surface area contributed by atoms with E-state index < -0.39 is 11.2 Å². The van der Waals surface area contributed by atoms with Gasteiger partial charge in [0.1, 0.15) is 0 Å². The van der Waals surface area contributed by atoms with Gasteiger partial charge in [-0.05, 0) is 6.07 Å². The summed E-state index contributed by atoms with van der Waals surface area (Å²) in [6.45, 7) is 4.00. The van der Waals surface area contributed by atoms with Crippen LogP contribution in [0.5, 0.6) is 0 Å². The summed E-state index contributed by atoms with van der Waals surface area (Å²) < 4.78 is 25.4. The van der Waals surface area contributed by atoms with E-state index >= 15 is 0 Å². The molecule has 6 nitrogen and oxygen atoms in total. The average Bonchev–Trinajstić information content (AvgIpc) is 3.12. The molecule has 2 aliphatic heterocycles. The highest BCUT2D eigenvalue weighted by atomic mass is 35.5. The van der Waals surface area contributed by atoms with E-state index in [1.807, 2.05) is 4.90 Å². The van der Waals surface area contributed by atoms with E-state index in [1.54, 1.807) is 6.92 Å². The normalized spacial score (nSPS) is 27.4. The van der Waals surface area contributed by atoms with Gasteiger partial charge in [-0.15, -0.1) is 10.2 Å². The van der Waals surface area contributed by atoms with Gasteiger partial charge in [-0.2, -0.15) is 0 Å². The molecule has 0 N–H and O–H groups in total. The maximum atomic E-state index is 14.1. The second-order valence-corrected chi connectivity index (χ2v) is 6.27. The molecule has 0 bridgehead atoms. The van der Waals surface area contributed by atoms with Crippen LogP contribution in [0.25, 0.3) is 0 Å². The molecule has 0 spiro atoms. The van der Waals surface area contributed by atoms with Crippen LogP contribution in [0.2, 0.25) is 5.02 Å². The lowest BCUT2D eigenvalue weighted by Crippen LogP contribution is -2.36. The van der Waals surface area contributed by atoms with E-state index in [4.69, 9.17) is 20.8 Å². The summed E-state index contributed by atoms with van der Waals surface area (Å²) in [6, 6.07) is 1.28. The molecule has 116 valence electrons. The van der Waals surface area contributed by atoms with Crippen molar-refractivity contribution in [2.24, 2.45) is 5.92 Å². The number of aryl methyl sites for hydroxylation is 1. The van der Waals surface area contributed by atoms with Crippen LogP contribution in [-0.4, -0.2) is 41.5 Å². The Morgan fingerprint density at radius 1 is 1.45 bits per heavy atom. The highest BCUT2D eigenvalue weighted by Gasteiger charge is 2.56. The molecular weight excluding hydrogens is 311 g/mol. The number of anilines is 1. The lowest BCUT2D eigenvalue weighted by Gasteiger charge is -2.23. The molecule has 2 fully saturated rings. The Hall–Kier alpha value is -1.73. The summed E-state index contributed by atoms with van der Waals surface area (Å²) in [6.07, 6.45) is 1.45. The third kappa shape index (κ3) is 1.99. The zero-order chi connectivity index (χ0) is 15.3. The third-order valence-corrected chi connectivity index (χ3v) is 4.62. The molecule has 4 rings (SSSR count). The fourth-order valence-electron chi connectivity index (χ4n) is 3.34. The van der Waals surface area contributed by atoms with Crippen molar-refractivity contribution in [1.82, 2.24) is 15.2 Å². The molecule has 2 aliphatic rings. The Morgan fingerprint density at radius 3 is 3.05 bits per heavy atom. The Kier molecular flexibility index (Phi) is 3.09. The largest absolute Gasteiger partial charge is 0.425 e. The van der Waals surface area contributed by atoms with Crippen LogP contribution in [0.3, 0.4) is 0 Å². The van der Waals surface area contributed by atoms with Gasteiger partial charge < -0.3 is 14.1 Å². The molecule has 2 aromatic heterocycles. The second kappa shape index (κ2) is 4.89. The first-order valence-corrected chi connectivity index (χ1v) is 7.40. The average molecular weight is 325 g/mol. The van der Waals surface area contributed by atoms with Crippen LogP contribution in [0.15, 0.2) is 16.7 Å². The van der Waals surface area contributed by atoms with Gasteiger partial charge in [0.25, 0.3) is 0 Å². The van der Waals surface area contributed by atoms with Crippen molar-refractivity contribution in [2.45, 2.75) is 12.3 Å². The van der Waals surface area contributed by atoms with Crippen molar-refractivity contribution >= 4 is 17.4 Å². The van der Waals surface area contributed by atoms with Crippen LogP contribution in [0.4, 0.5) is 10.2 Å². The standard InChI is InChI=1S/C14H14ClFN4O2/c1-8-18-19-13(22-8)14-6-20(4-9(14)5-21-7-14)12-11(16)2-10(15)3-17-12/h2-3,9H,4-7H2,1H3/t9-,14-/m0/s1. The lowest BCUT2D eigenvalue weighted by molar-refractivity contribution is 0.166. The zero-order valence-electron chi connectivity index (χ0n) is 11.9. The van der Waals surface area contributed by atoms with Gasteiger partial charge in [0.05, 0.1) is 23.7 Å². The number of hydrogen-bond donors (Lipinski definition) is 0. The molecule has 8 heteroatoms. The van der Waals surface area contributed by atoms with E-state index in [0.29, 0.717) is 43.9 Å². The summed E-state index contributed by atoms with van der Waals surface area (Å²) in [7, 11) is 0. The number of nitrogens with zero attached hydrogens (tertiary/aromatic N) is 4. The maximum Gasteiger partial charge on any atom is 0.227 e. The van der Waals surface area contributed by atoms with Crippen LogP contribution >= 0.6 is 11.6 Å². The molecule has 0 aliphatic carbocycles. The van der Waals surface area contributed by atoms with Crippen molar-refractivity contribution < 1.29 is 13.5 Å². The Labute approximate surface area is 131 Å². The smallest absolute Gasteiger partial charge is 0.227 e. The van der Waals surface area contributed by atoms with E-state index in [1.165, 1.54) is 12.3 Å². The molecule has 4 heterocycles. The number of aromatic nitrogens is 3. The third-order valence-electron chi connectivity index (χ3n) is 4.41. The Morgan fingerprint density at radius 2 is 2.32 bits per heavy atom. The molecule has 0 saturated carbocycles. The lowest BCUT2D eigenvalue weighted by atomic mass is 9.81. The minimum absolute atomic E-state index is 0.171. The predicted octanol–water partition coefficient (Wildman–Crippen LogP) is 1.97. The fraction of sp³-hybridized carbons (Fsp3) is 0.500. The van der Waals surface area contributed by atoms with Crippen LogP contribution in [0.1, 0.15) is 11.8 Å². The Bertz CT molecular complexity index is 725. The zero-order valence-corrected chi connectivity index (χ0v) is 12.7. The van der Waals surface area contributed by atoms with Gasteiger partial charge in [0, 0.05) is 32.1 Å². The minimum Gasteiger partial charge on any atom is -0.425 e. The Balaban J connectivity index is 1.70. The molecule has 0 amide bonds. The number of ether oxygens (including phenoxy) is 1. The van der Waals surface area contributed by atoms with E-state index in [-0.39, 0.29) is 10.9 Å². The maximum absolute atomic E-state index is 14.1. The monoisotopic (exact) mass is 324 g/mol. The molecule has 0 unspecified atom stereocenters. The fourth-order valence-corrected chi connectivity index (χ4v) is 3.48. The van der Waals surface area contributed by atoms with Crippen molar-refractivity contribution in [3.8, 4) is 0 Å². The quantitative estimate of drug-likeness (QED) is 0.841. The van der Waals surface area contributed by atoms with E-state index in [9.17, 15) is 4.39 Å². The molecule has 2 atom stereocenters. The van der Waals surface area contributed by atoms with Gasteiger partial charge in [-0.25, -0.2) is 9.37 Å². The number of rotatable bonds is 2. The summed E-state index contributed by atoms with van der Waals surface area (Å²) in [5, 5.41) is 8.37. The van der Waals surface area contributed by atoms with Gasteiger partial charge in [0.2, 0.25) is 11.8 Å². The number of fused-ring (bicyclic) bond motifs is 1. The SMILES string of the molecule is Cc1nnc([C@@]23COC[C@@H]2CN(c2ncc(Cl)cc2F)C3)o1. The number of pyridine rings is 1. The van der Waals surface area contributed by atoms with Gasteiger partial charge >= 0.3 is 0 Å². The van der Waals surface area contributed by atoms with Crippen LogP contribution < -0.4 is 4.90 Å². The van der Waals surface area contributed by atoms with E-state index in [0.717, 1.165) is 0 Å². The van der Waals surface area contributed by atoms with Crippen molar-refractivity contribution in [3.63, 3.8) is 0 Å². The van der Waals surface area contributed by atoms with E-state index in [2.05, 4.69) is 15.2 Å². The summed E-state index contributed by atoms with van der Waals surface area (Å²) >= 11 is 5.77. The van der Waals surface area contributed by atoms with Crippen LogP contribution in [-0.2, 0) is 10.2 Å². The molecule has 2 aromatic rings. The summed E-state index contributed by atoms with van der Waals surface area (Å²) in [5.41, 5.74) is -0.394. The van der Waals surface area contributed by atoms with Gasteiger partial charge in [0.15, 0.2) is 11.6 Å². The number of halogens is 2. The number of hydrogen-bond acceptors (Lipinski definition) is 6. The molecule has 2 saturated heterocycles. The van der Waals surface area contributed by atoms with Gasteiger partial charge in [-0.1, -0.05) is 11.6 Å². The summed E-state index contributed by atoms with van der Waals surface area (Å²) in [5.74, 6) is 1.12.